The molecule has 3 aromatic rings. The molecule has 0 amide bonds. The number of benzene rings is 2. The molecular weight excluding hydrogens is 357 g/mol. The van der Waals surface area contributed by atoms with E-state index in [1.807, 2.05) is 0 Å². The summed E-state index contributed by atoms with van der Waals surface area (Å²) in [5.74, 6) is -0.650. The quantitative estimate of drug-likeness (QED) is 0.625. The van der Waals surface area contributed by atoms with Crippen LogP contribution in [-0.2, 0) is 4.74 Å². The maximum Gasteiger partial charge on any atom is 0.377 e. The monoisotopic (exact) mass is 373 g/mol. The molecule has 1 heterocycles. The maximum atomic E-state index is 13.2. The first-order valence-corrected chi connectivity index (χ1v) is 8.33. The van der Waals surface area contributed by atoms with Gasteiger partial charge in [0, 0.05) is 10.6 Å². The van der Waals surface area contributed by atoms with Gasteiger partial charge in [-0.05, 0) is 69.3 Å². The smallest absolute Gasteiger partial charge is 0.377 e. The minimum absolute atomic E-state index is 0.0106. The summed E-state index contributed by atoms with van der Waals surface area (Å²) >= 11 is 5.91. The molecule has 0 bridgehead atoms. The molecule has 0 saturated carbocycles. The molecule has 2 aromatic carbocycles. The molecule has 0 saturated heterocycles. The average molecular weight is 374 g/mol. The summed E-state index contributed by atoms with van der Waals surface area (Å²) in [6, 6.07) is 12.5. The minimum atomic E-state index is -0.683. The largest absolute Gasteiger partial charge is 0.454 e. The Kier molecular flexibility index (Phi) is 4.78. The maximum absolute atomic E-state index is 13.2. The van der Waals surface area contributed by atoms with Crippen molar-refractivity contribution in [2.75, 3.05) is 0 Å². The van der Waals surface area contributed by atoms with Gasteiger partial charge in [-0.3, -0.25) is 0 Å². The predicted molar refractivity (Wildman–Crippen MR) is 96.9 cm³/mol. The van der Waals surface area contributed by atoms with Gasteiger partial charge in [0.15, 0.2) is 5.82 Å². The van der Waals surface area contributed by atoms with E-state index >= 15 is 0 Å². The Morgan fingerprint density at radius 3 is 2.27 bits per heavy atom. The third kappa shape index (κ3) is 4.08. The number of hydrogen-bond acceptors (Lipinski definition) is 4. The van der Waals surface area contributed by atoms with Gasteiger partial charge in [-0.25, -0.2) is 18.9 Å². The van der Waals surface area contributed by atoms with Crippen LogP contribution in [0, 0.1) is 5.82 Å². The molecule has 26 heavy (non-hydrogen) atoms. The van der Waals surface area contributed by atoms with Crippen molar-refractivity contribution in [1.82, 2.24) is 14.8 Å². The van der Waals surface area contributed by atoms with Crippen molar-refractivity contribution in [1.29, 1.82) is 0 Å². The number of nitrogens with zero attached hydrogens (tertiary/aromatic N) is 3. The van der Waals surface area contributed by atoms with Gasteiger partial charge >= 0.3 is 5.97 Å². The molecule has 1 aromatic heterocycles. The predicted octanol–water partition coefficient (Wildman–Crippen LogP) is 4.68. The van der Waals surface area contributed by atoms with Gasteiger partial charge in [0.1, 0.15) is 11.4 Å². The molecule has 0 aliphatic rings. The Hall–Kier alpha value is -2.73. The summed E-state index contributed by atoms with van der Waals surface area (Å²) in [5.41, 5.74) is 0.511. The lowest BCUT2D eigenvalue weighted by molar-refractivity contribution is 0.00526. The molecule has 0 spiro atoms. The molecule has 0 atom stereocenters. The lowest BCUT2D eigenvalue weighted by Gasteiger charge is -2.19. The van der Waals surface area contributed by atoms with Crippen LogP contribution in [-0.4, -0.2) is 26.3 Å². The van der Waals surface area contributed by atoms with Crippen molar-refractivity contribution in [3.8, 4) is 17.1 Å². The average Bonchev–Trinajstić information content (AvgIpc) is 3.00. The van der Waals surface area contributed by atoms with Crippen molar-refractivity contribution in [2.45, 2.75) is 26.4 Å². The van der Waals surface area contributed by atoms with E-state index in [1.54, 1.807) is 45.0 Å². The summed E-state index contributed by atoms with van der Waals surface area (Å²) in [5, 5.41) is 4.98. The number of carbonyl (C=O) groups is 1. The lowest BCUT2D eigenvalue weighted by Crippen LogP contribution is -2.26. The van der Waals surface area contributed by atoms with Crippen molar-refractivity contribution in [3.63, 3.8) is 0 Å². The zero-order valence-electron chi connectivity index (χ0n) is 14.5. The van der Waals surface area contributed by atoms with E-state index in [-0.39, 0.29) is 11.6 Å². The SMILES string of the molecule is CC(C)(C)OC(=O)c1nc(-c2ccc(Cl)cc2)nn1-c1ccc(F)cc1. The molecule has 7 heteroatoms. The summed E-state index contributed by atoms with van der Waals surface area (Å²) in [6.45, 7) is 5.30. The Bertz CT molecular complexity index is 929. The Morgan fingerprint density at radius 2 is 1.69 bits per heavy atom. The highest BCUT2D eigenvalue weighted by Crippen LogP contribution is 2.22. The Morgan fingerprint density at radius 1 is 1.08 bits per heavy atom. The fraction of sp³-hybridized carbons (Fsp3) is 0.211. The fourth-order valence-corrected chi connectivity index (χ4v) is 2.38. The molecule has 3 rings (SSSR count). The molecule has 5 nitrogen and oxygen atoms in total. The van der Waals surface area contributed by atoms with E-state index in [0.29, 0.717) is 22.1 Å². The van der Waals surface area contributed by atoms with Crippen LogP contribution in [0.1, 0.15) is 31.4 Å². The Balaban J connectivity index is 2.09. The minimum Gasteiger partial charge on any atom is -0.454 e. The molecule has 0 N–H and O–H groups in total. The molecule has 0 radical (unpaired) electrons. The topological polar surface area (TPSA) is 57.0 Å². The van der Waals surface area contributed by atoms with Crippen LogP contribution < -0.4 is 0 Å². The van der Waals surface area contributed by atoms with Gasteiger partial charge in [-0.1, -0.05) is 11.6 Å². The first-order valence-electron chi connectivity index (χ1n) is 7.95. The van der Waals surface area contributed by atoms with Gasteiger partial charge < -0.3 is 4.74 Å². The highest BCUT2D eigenvalue weighted by Gasteiger charge is 2.25. The first kappa shape index (κ1) is 18.1. The standard InChI is InChI=1S/C19H17ClFN3O2/c1-19(2,3)26-18(25)17-22-16(12-4-6-13(20)7-5-12)23-24(17)15-10-8-14(21)9-11-15/h4-11H,1-3H3. The van der Waals surface area contributed by atoms with Crippen LogP contribution in [0.2, 0.25) is 5.02 Å². The number of rotatable bonds is 3. The van der Waals surface area contributed by atoms with E-state index in [0.717, 1.165) is 0 Å². The van der Waals surface area contributed by atoms with Crippen LogP contribution in [0.15, 0.2) is 48.5 Å². The van der Waals surface area contributed by atoms with E-state index < -0.39 is 11.6 Å². The molecule has 0 unspecified atom stereocenters. The normalized spacial score (nSPS) is 11.4. The van der Waals surface area contributed by atoms with E-state index in [2.05, 4.69) is 10.1 Å². The second-order valence-corrected chi connectivity index (χ2v) is 7.09. The van der Waals surface area contributed by atoms with Crippen LogP contribution in [0.25, 0.3) is 17.1 Å². The summed E-state index contributed by atoms with van der Waals surface area (Å²) in [4.78, 5) is 16.9. The van der Waals surface area contributed by atoms with Gasteiger partial charge in [-0.2, -0.15) is 0 Å². The van der Waals surface area contributed by atoms with Crippen molar-refractivity contribution in [3.05, 3.63) is 65.2 Å². The first-order chi connectivity index (χ1) is 12.2. The van der Waals surface area contributed by atoms with E-state index in [9.17, 15) is 9.18 Å². The third-order valence-corrected chi connectivity index (χ3v) is 3.61. The van der Waals surface area contributed by atoms with Crippen molar-refractivity contribution < 1.29 is 13.9 Å². The summed E-state index contributed by atoms with van der Waals surface area (Å²) in [7, 11) is 0. The molecule has 0 aliphatic heterocycles. The number of hydrogen-bond donors (Lipinski definition) is 0. The number of halogens is 2. The highest BCUT2D eigenvalue weighted by atomic mass is 35.5. The van der Waals surface area contributed by atoms with Crippen molar-refractivity contribution in [2.24, 2.45) is 0 Å². The number of esters is 1. The number of aromatic nitrogens is 3. The van der Waals surface area contributed by atoms with Crippen LogP contribution in [0.5, 0.6) is 0 Å². The lowest BCUT2D eigenvalue weighted by atomic mass is 10.2. The summed E-state index contributed by atoms with van der Waals surface area (Å²) in [6.07, 6.45) is 0. The van der Waals surface area contributed by atoms with Crippen molar-refractivity contribution >= 4 is 17.6 Å². The second-order valence-electron chi connectivity index (χ2n) is 6.66. The van der Waals surface area contributed by atoms with Crippen LogP contribution >= 0.6 is 11.6 Å². The van der Waals surface area contributed by atoms with E-state index in [1.165, 1.54) is 28.9 Å². The number of ether oxygens (including phenoxy) is 1. The molecule has 134 valence electrons. The molecule has 0 fully saturated rings. The van der Waals surface area contributed by atoms with Crippen LogP contribution in [0.4, 0.5) is 4.39 Å². The molecule has 0 aliphatic carbocycles. The Labute approximate surface area is 155 Å². The summed E-state index contributed by atoms with van der Waals surface area (Å²) < 4.78 is 20.0. The fourth-order valence-electron chi connectivity index (χ4n) is 2.25. The van der Waals surface area contributed by atoms with Gasteiger partial charge in [-0.15, -0.1) is 5.10 Å². The molecular formula is C19H17ClFN3O2. The van der Waals surface area contributed by atoms with E-state index in [4.69, 9.17) is 16.3 Å². The zero-order valence-corrected chi connectivity index (χ0v) is 15.3. The highest BCUT2D eigenvalue weighted by molar-refractivity contribution is 6.30. The third-order valence-electron chi connectivity index (χ3n) is 3.36. The van der Waals surface area contributed by atoms with Gasteiger partial charge in [0.05, 0.1) is 5.69 Å². The van der Waals surface area contributed by atoms with Gasteiger partial charge in [0.2, 0.25) is 5.82 Å². The second kappa shape index (κ2) is 6.88. The number of carbonyl (C=O) groups excluding carboxylic acids is 1. The van der Waals surface area contributed by atoms with Crippen LogP contribution in [0.3, 0.4) is 0 Å². The zero-order chi connectivity index (χ0) is 18.9. The van der Waals surface area contributed by atoms with Gasteiger partial charge in [0.25, 0.3) is 0 Å².